The minimum atomic E-state index is -0.589. The molecule has 0 aromatic heterocycles. The molecule has 22 heavy (non-hydrogen) atoms. The van der Waals surface area contributed by atoms with Crippen LogP contribution in [0.2, 0.25) is 0 Å². The second-order valence-corrected chi connectivity index (χ2v) is 7.03. The van der Waals surface area contributed by atoms with E-state index in [0.29, 0.717) is 12.5 Å². The van der Waals surface area contributed by atoms with Gasteiger partial charge < -0.3 is 10.5 Å². The maximum absolute atomic E-state index is 12.7. The average molecular weight is 303 g/mol. The molecule has 3 fully saturated rings. The van der Waals surface area contributed by atoms with Gasteiger partial charge in [0.2, 0.25) is 0 Å². The Balaban J connectivity index is 1.79. The van der Waals surface area contributed by atoms with E-state index in [1.807, 2.05) is 30.3 Å². The van der Waals surface area contributed by atoms with Crippen molar-refractivity contribution >= 4 is 12.1 Å². The molecule has 0 spiro atoms. The third-order valence-corrected chi connectivity index (χ3v) is 5.71. The van der Waals surface area contributed by atoms with Crippen LogP contribution in [0.3, 0.4) is 0 Å². The number of nitrogens with zero attached hydrogens (tertiary/aromatic N) is 1. The number of carbonyl (C=O) groups excluding carboxylic acids is 2. The van der Waals surface area contributed by atoms with Crippen molar-refractivity contribution in [2.24, 2.45) is 17.1 Å². The summed E-state index contributed by atoms with van der Waals surface area (Å²) in [5.41, 5.74) is 6.50. The van der Waals surface area contributed by atoms with Gasteiger partial charge in [-0.3, -0.25) is 0 Å². The van der Waals surface area contributed by atoms with Crippen molar-refractivity contribution in [3.8, 4) is 0 Å². The van der Waals surface area contributed by atoms with E-state index in [1.54, 1.807) is 0 Å². The number of ether oxygens (including phenoxy) is 1. The van der Waals surface area contributed by atoms with Gasteiger partial charge in [0, 0.05) is 18.3 Å². The molecule has 2 saturated heterocycles. The Bertz CT molecular complexity index is 597. The fourth-order valence-electron chi connectivity index (χ4n) is 4.15. The van der Waals surface area contributed by atoms with Crippen molar-refractivity contribution in [1.82, 2.24) is 0 Å². The highest BCUT2D eigenvalue weighted by atomic mass is 16.6. The van der Waals surface area contributed by atoms with E-state index in [2.05, 4.69) is 13.8 Å². The first-order valence-corrected chi connectivity index (χ1v) is 7.78. The lowest BCUT2D eigenvalue weighted by atomic mass is 9.53. The fraction of sp³-hybridized carbons (Fsp3) is 0.529. The van der Waals surface area contributed by atoms with E-state index in [0.717, 1.165) is 18.4 Å². The molecule has 3 unspecified atom stereocenters. The molecule has 2 aliphatic heterocycles. The highest BCUT2D eigenvalue weighted by Gasteiger charge is 2.69. The zero-order valence-corrected chi connectivity index (χ0v) is 13.1. The number of amides is 3. The Morgan fingerprint density at radius 3 is 2.55 bits per heavy atom. The topological polar surface area (TPSA) is 69.4 Å². The predicted molar refractivity (Wildman–Crippen MR) is 81.6 cm³/mol. The van der Waals surface area contributed by atoms with Crippen LogP contribution in [0.5, 0.6) is 0 Å². The van der Waals surface area contributed by atoms with Crippen molar-refractivity contribution in [1.29, 1.82) is 0 Å². The molecule has 2 bridgehead atoms. The number of nitrogens with two attached hydrogens (primary N) is 1. The molecule has 3 atom stereocenters. The van der Waals surface area contributed by atoms with Gasteiger partial charge in [-0.2, -0.15) is 4.79 Å². The van der Waals surface area contributed by atoms with Crippen molar-refractivity contribution < 1.29 is 18.8 Å². The standard InChI is InChI=1S/C17H22N2O3/c1-17(2)13-8-9-19(15(18)20,14(17)10-13)16(21)22-11-12-6-4-3-5-7-12/h3-7,13-14H,8-11H2,1-2H3,(H-,18,20)/p+1. The molecule has 2 N–H and O–H groups in total. The largest absolute Gasteiger partial charge is 0.525 e. The molecule has 1 aliphatic carbocycles. The van der Waals surface area contributed by atoms with Gasteiger partial charge in [-0.15, -0.1) is 4.48 Å². The van der Waals surface area contributed by atoms with Gasteiger partial charge in [-0.1, -0.05) is 44.2 Å². The number of urea groups is 1. The van der Waals surface area contributed by atoms with Gasteiger partial charge in [-0.25, -0.2) is 4.79 Å². The molecule has 2 heterocycles. The van der Waals surface area contributed by atoms with Crippen LogP contribution in [-0.4, -0.2) is 29.2 Å². The van der Waals surface area contributed by atoms with Gasteiger partial charge in [0.25, 0.3) is 0 Å². The Hall–Kier alpha value is -1.88. The number of fused-ring (bicyclic) bond motifs is 2. The van der Waals surface area contributed by atoms with Crippen LogP contribution in [0.25, 0.3) is 0 Å². The van der Waals surface area contributed by atoms with Gasteiger partial charge in [0.15, 0.2) is 0 Å². The van der Waals surface area contributed by atoms with E-state index in [9.17, 15) is 9.59 Å². The Labute approximate surface area is 130 Å². The summed E-state index contributed by atoms with van der Waals surface area (Å²) in [6, 6.07) is 8.82. The zero-order valence-electron chi connectivity index (χ0n) is 13.1. The van der Waals surface area contributed by atoms with Crippen molar-refractivity contribution in [3.05, 3.63) is 35.9 Å². The summed E-state index contributed by atoms with van der Waals surface area (Å²) in [4.78, 5) is 24.9. The highest BCUT2D eigenvalue weighted by Crippen LogP contribution is 2.57. The first-order chi connectivity index (χ1) is 10.4. The average Bonchev–Trinajstić information content (AvgIpc) is 2.53. The molecular weight excluding hydrogens is 280 g/mol. The first kappa shape index (κ1) is 15.0. The molecule has 3 aliphatic rings. The number of piperidine rings is 2. The Kier molecular flexibility index (Phi) is 3.48. The smallest absolute Gasteiger partial charge is 0.415 e. The number of benzene rings is 1. The number of primary amides is 1. The van der Waals surface area contributed by atoms with E-state index in [-0.39, 0.29) is 22.5 Å². The number of hydrogen-bond donors (Lipinski definition) is 1. The van der Waals surface area contributed by atoms with E-state index in [4.69, 9.17) is 10.5 Å². The summed E-state index contributed by atoms with van der Waals surface area (Å²) >= 11 is 0. The number of quaternary nitrogens is 1. The van der Waals surface area contributed by atoms with Crippen LogP contribution < -0.4 is 5.73 Å². The SMILES string of the molecule is CC1(C)C2CC[N+](C(N)=O)(C(=O)OCc3ccccc3)C1C2. The normalized spacial score (nSPS) is 31.9. The van der Waals surface area contributed by atoms with Crippen molar-refractivity contribution in [2.75, 3.05) is 6.54 Å². The molecule has 5 heteroatoms. The number of carbonyl (C=O) groups is 2. The number of imide groups is 1. The molecule has 0 radical (unpaired) electrons. The second kappa shape index (κ2) is 5.09. The lowest BCUT2D eigenvalue weighted by Gasteiger charge is -2.60. The van der Waals surface area contributed by atoms with Crippen LogP contribution in [-0.2, 0) is 11.3 Å². The maximum atomic E-state index is 12.7. The summed E-state index contributed by atoms with van der Waals surface area (Å²) in [7, 11) is 0. The fourth-order valence-corrected chi connectivity index (χ4v) is 4.15. The summed E-state index contributed by atoms with van der Waals surface area (Å²) in [6.07, 6.45) is 1.20. The van der Waals surface area contributed by atoms with Crippen LogP contribution >= 0.6 is 0 Å². The van der Waals surface area contributed by atoms with E-state index in [1.165, 1.54) is 0 Å². The number of hydrogen-bond acceptors (Lipinski definition) is 3. The second-order valence-electron chi connectivity index (χ2n) is 7.03. The monoisotopic (exact) mass is 303 g/mol. The molecular formula is C17H23N2O3+. The summed E-state index contributed by atoms with van der Waals surface area (Å²) in [5.74, 6) is 0.574. The van der Waals surface area contributed by atoms with Crippen LogP contribution in [0, 0.1) is 11.3 Å². The molecule has 1 aromatic carbocycles. The first-order valence-electron chi connectivity index (χ1n) is 7.78. The quantitative estimate of drug-likeness (QED) is 0.854. The molecule has 3 amide bonds. The zero-order chi connectivity index (χ0) is 16.0. The van der Waals surface area contributed by atoms with E-state index < -0.39 is 12.1 Å². The molecule has 5 nitrogen and oxygen atoms in total. The summed E-state index contributed by atoms with van der Waals surface area (Å²) in [5, 5.41) is 0. The van der Waals surface area contributed by atoms with E-state index >= 15 is 0 Å². The predicted octanol–water partition coefficient (Wildman–Crippen LogP) is 3.04. The molecule has 4 rings (SSSR count). The van der Waals surface area contributed by atoms with Gasteiger partial charge in [0.05, 0.1) is 6.54 Å². The van der Waals surface area contributed by atoms with Crippen molar-refractivity contribution in [2.45, 2.75) is 39.3 Å². The van der Waals surface area contributed by atoms with Gasteiger partial charge >= 0.3 is 12.1 Å². The van der Waals surface area contributed by atoms with Crippen LogP contribution in [0.1, 0.15) is 32.3 Å². The Morgan fingerprint density at radius 2 is 2.00 bits per heavy atom. The lowest BCUT2D eigenvalue weighted by molar-refractivity contribution is -0.839. The van der Waals surface area contributed by atoms with Gasteiger partial charge in [-0.05, 0) is 11.5 Å². The summed E-state index contributed by atoms with van der Waals surface area (Å²) in [6.45, 7) is 4.86. The van der Waals surface area contributed by atoms with Gasteiger partial charge in [0.1, 0.15) is 12.6 Å². The minimum Gasteiger partial charge on any atom is -0.415 e. The third kappa shape index (κ3) is 2.03. The highest BCUT2D eigenvalue weighted by molar-refractivity contribution is 5.79. The Morgan fingerprint density at radius 1 is 1.32 bits per heavy atom. The maximum Gasteiger partial charge on any atom is 0.525 e. The van der Waals surface area contributed by atoms with Crippen LogP contribution in [0.4, 0.5) is 9.59 Å². The number of rotatable bonds is 2. The van der Waals surface area contributed by atoms with Crippen LogP contribution in [0.15, 0.2) is 30.3 Å². The lowest BCUT2D eigenvalue weighted by Crippen LogP contribution is -2.77. The minimum absolute atomic E-state index is 0.0426. The molecule has 118 valence electrons. The summed E-state index contributed by atoms with van der Waals surface area (Å²) < 4.78 is 5.10. The molecule has 1 aromatic rings. The third-order valence-electron chi connectivity index (χ3n) is 5.71. The molecule has 1 saturated carbocycles. The van der Waals surface area contributed by atoms with Crippen molar-refractivity contribution in [3.63, 3.8) is 0 Å².